The van der Waals surface area contributed by atoms with E-state index in [0.29, 0.717) is 6.04 Å². The first-order valence-electron chi connectivity index (χ1n) is 5.31. The molecule has 3 nitrogen and oxygen atoms in total. The van der Waals surface area contributed by atoms with E-state index >= 15 is 0 Å². The minimum atomic E-state index is 0.302. The summed E-state index contributed by atoms with van der Waals surface area (Å²) < 4.78 is 4.97. The zero-order valence-electron chi connectivity index (χ0n) is 8.59. The van der Waals surface area contributed by atoms with Gasteiger partial charge in [0.2, 0.25) is 0 Å². The van der Waals surface area contributed by atoms with E-state index in [4.69, 9.17) is 10.5 Å². The second kappa shape index (κ2) is 6.35. The van der Waals surface area contributed by atoms with Crippen LogP contribution in [-0.2, 0) is 4.74 Å². The summed E-state index contributed by atoms with van der Waals surface area (Å²) in [6.07, 6.45) is 6.20. The molecule has 1 atom stereocenters. The minimum absolute atomic E-state index is 0.302. The van der Waals surface area contributed by atoms with E-state index < -0.39 is 0 Å². The average molecular weight is 186 g/mol. The van der Waals surface area contributed by atoms with Crippen LogP contribution in [0, 0.1) is 0 Å². The van der Waals surface area contributed by atoms with E-state index in [-0.39, 0.29) is 0 Å². The lowest BCUT2D eigenvalue weighted by Gasteiger charge is -2.28. The van der Waals surface area contributed by atoms with Crippen LogP contribution in [-0.4, -0.2) is 32.3 Å². The van der Waals surface area contributed by atoms with Gasteiger partial charge in [-0.15, -0.1) is 0 Å². The maximum atomic E-state index is 5.92. The van der Waals surface area contributed by atoms with E-state index in [0.717, 1.165) is 32.0 Å². The van der Waals surface area contributed by atoms with Crippen LogP contribution in [0.15, 0.2) is 0 Å². The predicted molar refractivity (Wildman–Crippen MR) is 54.7 cm³/mol. The van der Waals surface area contributed by atoms with E-state index in [1.807, 2.05) is 0 Å². The highest BCUT2D eigenvalue weighted by molar-refractivity contribution is 4.78. The molecule has 1 aliphatic rings. The minimum Gasteiger partial charge on any atom is -0.385 e. The number of methoxy groups -OCH3 is 1. The topological polar surface area (TPSA) is 47.3 Å². The van der Waals surface area contributed by atoms with E-state index in [1.54, 1.807) is 7.11 Å². The molecule has 0 spiro atoms. The molecule has 78 valence electrons. The lowest BCUT2D eigenvalue weighted by molar-refractivity contribution is 0.189. The molecule has 0 radical (unpaired) electrons. The van der Waals surface area contributed by atoms with Gasteiger partial charge in [0.1, 0.15) is 0 Å². The van der Waals surface area contributed by atoms with Gasteiger partial charge >= 0.3 is 0 Å². The van der Waals surface area contributed by atoms with Crippen molar-refractivity contribution in [2.24, 2.45) is 5.73 Å². The molecular weight excluding hydrogens is 164 g/mol. The zero-order valence-corrected chi connectivity index (χ0v) is 8.59. The second-order valence-electron chi connectivity index (χ2n) is 3.93. The fourth-order valence-electron chi connectivity index (χ4n) is 1.52. The summed E-state index contributed by atoms with van der Waals surface area (Å²) in [5.74, 6) is 0. The molecule has 1 fully saturated rings. The van der Waals surface area contributed by atoms with Gasteiger partial charge in [0.15, 0.2) is 0 Å². The highest BCUT2D eigenvalue weighted by atomic mass is 16.5. The number of nitrogens with two attached hydrogens (primary N) is 1. The van der Waals surface area contributed by atoms with Crippen molar-refractivity contribution in [2.75, 3.05) is 20.3 Å². The van der Waals surface area contributed by atoms with Crippen molar-refractivity contribution in [1.82, 2.24) is 5.32 Å². The van der Waals surface area contributed by atoms with Gasteiger partial charge < -0.3 is 15.8 Å². The van der Waals surface area contributed by atoms with Crippen LogP contribution in [0.1, 0.15) is 32.1 Å². The number of hydrogen-bond donors (Lipinski definition) is 2. The molecule has 0 aromatic heterocycles. The number of hydrogen-bond acceptors (Lipinski definition) is 3. The molecule has 0 aliphatic heterocycles. The van der Waals surface area contributed by atoms with Gasteiger partial charge in [-0.25, -0.2) is 0 Å². The van der Waals surface area contributed by atoms with Crippen molar-refractivity contribution in [1.29, 1.82) is 0 Å². The summed E-state index contributed by atoms with van der Waals surface area (Å²) in [7, 11) is 1.73. The van der Waals surface area contributed by atoms with E-state index in [9.17, 15) is 0 Å². The monoisotopic (exact) mass is 186 g/mol. The van der Waals surface area contributed by atoms with Crippen LogP contribution in [0.25, 0.3) is 0 Å². The average Bonchev–Trinajstić information content (AvgIpc) is 2.02. The van der Waals surface area contributed by atoms with Crippen LogP contribution in [0.2, 0.25) is 0 Å². The Morgan fingerprint density at radius 2 is 2.31 bits per heavy atom. The predicted octanol–water partition coefficient (Wildman–Crippen LogP) is 0.882. The van der Waals surface area contributed by atoms with Gasteiger partial charge in [-0.3, -0.25) is 0 Å². The third kappa shape index (κ3) is 4.60. The smallest absolute Gasteiger partial charge is 0.0462 e. The third-order valence-corrected chi connectivity index (χ3v) is 2.70. The largest absolute Gasteiger partial charge is 0.385 e. The molecule has 0 aromatic carbocycles. The molecule has 3 N–H and O–H groups in total. The SMILES string of the molecule is COCCCC(N)CNC1CCC1. The van der Waals surface area contributed by atoms with Gasteiger partial charge in [0.05, 0.1) is 0 Å². The standard InChI is InChI=1S/C10H22N2O/c1-13-7-3-4-9(11)8-12-10-5-2-6-10/h9-10,12H,2-8,11H2,1H3. The fraction of sp³-hybridized carbons (Fsp3) is 1.00. The fourth-order valence-corrected chi connectivity index (χ4v) is 1.52. The molecule has 1 unspecified atom stereocenters. The van der Waals surface area contributed by atoms with Crippen molar-refractivity contribution < 1.29 is 4.74 Å². The Hall–Kier alpha value is -0.120. The van der Waals surface area contributed by atoms with E-state index in [1.165, 1.54) is 19.3 Å². The van der Waals surface area contributed by atoms with Gasteiger partial charge in [-0.05, 0) is 25.7 Å². The summed E-state index contributed by atoms with van der Waals surface area (Å²) >= 11 is 0. The van der Waals surface area contributed by atoms with Crippen molar-refractivity contribution in [3.05, 3.63) is 0 Å². The Balaban J connectivity index is 1.87. The summed E-state index contributed by atoms with van der Waals surface area (Å²) in [5.41, 5.74) is 5.92. The molecule has 13 heavy (non-hydrogen) atoms. The highest BCUT2D eigenvalue weighted by Gasteiger charge is 2.16. The summed E-state index contributed by atoms with van der Waals surface area (Å²) in [5, 5.41) is 3.48. The molecular formula is C10H22N2O. The quantitative estimate of drug-likeness (QED) is 0.580. The molecule has 0 bridgehead atoms. The van der Waals surface area contributed by atoms with Crippen LogP contribution >= 0.6 is 0 Å². The molecule has 1 saturated carbocycles. The summed E-state index contributed by atoms with van der Waals surface area (Å²) in [6.45, 7) is 1.80. The van der Waals surface area contributed by atoms with Crippen LogP contribution < -0.4 is 11.1 Å². The Morgan fingerprint density at radius 1 is 1.54 bits per heavy atom. The summed E-state index contributed by atoms with van der Waals surface area (Å²) in [4.78, 5) is 0. The van der Waals surface area contributed by atoms with Crippen LogP contribution in [0.5, 0.6) is 0 Å². The Labute approximate surface area is 81.0 Å². The second-order valence-corrected chi connectivity index (χ2v) is 3.93. The number of nitrogens with one attached hydrogen (secondary N) is 1. The first-order valence-corrected chi connectivity index (χ1v) is 5.31. The maximum Gasteiger partial charge on any atom is 0.0462 e. The van der Waals surface area contributed by atoms with Crippen LogP contribution in [0.3, 0.4) is 0 Å². The Bertz CT molecular complexity index is 126. The van der Waals surface area contributed by atoms with Gasteiger partial charge in [-0.1, -0.05) is 6.42 Å². The van der Waals surface area contributed by atoms with Crippen LogP contribution in [0.4, 0.5) is 0 Å². The molecule has 1 rings (SSSR count). The van der Waals surface area contributed by atoms with Crippen molar-refractivity contribution in [3.8, 4) is 0 Å². The summed E-state index contributed by atoms with van der Waals surface area (Å²) in [6, 6.07) is 1.06. The van der Waals surface area contributed by atoms with Gasteiger partial charge in [0.25, 0.3) is 0 Å². The van der Waals surface area contributed by atoms with Crippen molar-refractivity contribution in [2.45, 2.75) is 44.2 Å². The first-order chi connectivity index (χ1) is 6.33. The normalized spacial score (nSPS) is 19.8. The Kier molecular flexibility index (Phi) is 5.35. The zero-order chi connectivity index (χ0) is 9.52. The van der Waals surface area contributed by atoms with Crippen molar-refractivity contribution >= 4 is 0 Å². The van der Waals surface area contributed by atoms with Gasteiger partial charge in [-0.2, -0.15) is 0 Å². The molecule has 3 heteroatoms. The maximum absolute atomic E-state index is 5.92. The lowest BCUT2D eigenvalue weighted by Crippen LogP contribution is -2.42. The molecule has 0 heterocycles. The number of ether oxygens (including phenoxy) is 1. The number of rotatable bonds is 7. The van der Waals surface area contributed by atoms with Crippen molar-refractivity contribution in [3.63, 3.8) is 0 Å². The Morgan fingerprint density at radius 3 is 2.85 bits per heavy atom. The molecule has 0 amide bonds. The highest BCUT2D eigenvalue weighted by Crippen LogP contribution is 2.17. The third-order valence-electron chi connectivity index (χ3n) is 2.70. The van der Waals surface area contributed by atoms with E-state index in [2.05, 4.69) is 5.32 Å². The molecule has 0 aromatic rings. The lowest BCUT2D eigenvalue weighted by atomic mass is 9.93. The molecule has 0 saturated heterocycles. The van der Waals surface area contributed by atoms with Gasteiger partial charge in [0, 0.05) is 32.3 Å². The first kappa shape index (κ1) is 11.0. The molecule has 1 aliphatic carbocycles.